The van der Waals surface area contributed by atoms with E-state index in [4.69, 9.17) is 4.74 Å². The fraction of sp³-hybridized carbons (Fsp3) is 0.400. The van der Waals surface area contributed by atoms with Gasteiger partial charge in [-0.2, -0.15) is 5.10 Å². The quantitative estimate of drug-likeness (QED) is 0.750. The molecular weight excluding hydrogens is 334 g/mol. The molecule has 5 nitrogen and oxygen atoms in total. The number of carbonyl (C=O) groups is 1. The lowest BCUT2D eigenvalue weighted by Gasteiger charge is -2.09. The molecule has 1 aromatic heterocycles. The van der Waals surface area contributed by atoms with Crippen molar-refractivity contribution in [2.45, 2.75) is 26.8 Å². The lowest BCUT2D eigenvalue weighted by Crippen LogP contribution is -2.14. The summed E-state index contributed by atoms with van der Waals surface area (Å²) in [7, 11) is 1.59. The number of hydrogen-bond acceptors (Lipinski definition) is 4. The van der Waals surface area contributed by atoms with E-state index in [-0.39, 0.29) is 12.2 Å². The maximum Gasteiger partial charge on any atom is 0.170 e. The number of Topliss-reactive ketones (excluding diaryl/α,β-unsaturated/α-hetero) is 1. The Labute approximate surface area is 132 Å². The molecule has 0 spiro atoms. The lowest BCUT2D eigenvalue weighted by molar-refractivity contribution is 0.0989. The van der Waals surface area contributed by atoms with Crippen molar-refractivity contribution in [1.82, 2.24) is 14.8 Å². The van der Waals surface area contributed by atoms with Crippen molar-refractivity contribution < 1.29 is 9.53 Å². The summed E-state index contributed by atoms with van der Waals surface area (Å²) in [6.45, 7) is 4.97. The Morgan fingerprint density at radius 2 is 2.19 bits per heavy atom. The van der Waals surface area contributed by atoms with Gasteiger partial charge in [0.25, 0.3) is 0 Å². The summed E-state index contributed by atoms with van der Waals surface area (Å²) in [4.78, 5) is 16.5. The average Bonchev–Trinajstić information content (AvgIpc) is 2.85. The first-order chi connectivity index (χ1) is 10.0. The molecule has 2 rings (SSSR count). The molecule has 21 heavy (non-hydrogen) atoms. The van der Waals surface area contributed by atoms with Gasteiger partial charge in [-0.25, -0.2) is 9.67 Å². The molecule has 6 heteroatoms. The topological polar surface area (TPSA) is 57.0 Å². The van der Waals surface area contributed by atoms with Crippen molar-refractivity contribution >= 4 is 21.7 Å². The fourth-order valence-corrected chi connectivity index (χ4v) is 2.55. The number of ketones is 1. The number of benzene rings is 1. The van der Waals surface area contributed by atoms with Crippen LogP contribution in [0.4, 0.5) is 0 Å². The minimum Gasteiger partial charge on any atom is -0.496 e. The van der Waals surface area contributed by atoms with Gasteiger partial charge in [0.15, 0.2) is 5.78 Å². The summed E-state index contributed by atoms with van der Waals surface area (Å²) in [5.74, 6) is 1.86. The molecule has 0 bridgehead atoms. The molecule has 0 N–H and O–H groups in total. The average molecular weight is 352 g/mol. The van der Waals surface area contributed by atoms with Crippen LogP contribution in [0.25, 0.3) is 0 Å². The minimum atomic E-state index is 0.0105. The largest absolute Gasteiger partial charge is 0.496 e. The van der Waals surface area contributed by atoms with E-state index in [0.717, 1.165) is 11.0 Å². The van der Waals surface area contributed by atoms with Gasteiger partial charge in [0, 0.05) is 12.1 Å². The van der Waals surface area contributed by atoms with E-state index in [0.29, 0.717) is 23.1 Å². The van der Waals surface area contributed by atoms with Gasteiger partial charge >= 0.3 is 0 Å². The van der Waals surface area contributed by atoms with Gasteiger partial charge in [0.1, 0.15) is 17.9 Å². The third kappa shape index (κ3) is 3.91. The number of halogens is 1. The van der Waals surface area contributed by atoms with Gasteiger partial charge in [-0.15, -0.1) is 0 Å². The van der Waals surface area contributed by atoms with Crippen LogP contribution in [0.1, 0.15) is 30.0 Å². The Morgan fingerprint density at radius 1 is 1.43 bits per heavy atom. The zero-order chi connectivity index (χ0) is 15.4. The molecule has 2 aromatic rings. The first-order valence-electron chi connectivity index (χ1n) is 6.74. The lowest BCUT2D eigenvalue weighted by atomic mass is 10.1. The first-order valence-corrected chi connectivity index (χ1v) is 7.54. The van der Waals surface area contributed by atoms with E-state index in [2.05, 4.69) is 39.9 Å². The molecule has 0 aliphatic heterocycles. The van der Waals surface area contributed by atoms with Crippen LogP contribution >= 0.6 is 15.9 Å². The summed E-state index contributed by atoms with van der Waals surface area (Å²) in [6.07, 6.45) is 1.74. The van der Waals surface area contributed by atoms with E-state index in [1.807, 2.05) is 0 Å². The van der Waals surface area contributed by atoms with Crippen molar-refractivity contribution in [1.29, 1.82) is 0 Å². The fourth-order valence-electron chi connectivity index (χ4n) is 2.01. The van der Waals surface area contributed by atoms with Crippen LogP contribution in [-0.4, -0.2) is 27.7 Å². The molecule has 1 heterocycles. The van der Waals surface area contributed by atoms with Crippen molar-refractivity contribution in [2.24, 2.45) is 5.92 Å². The van der Waals surface area contributed by atoms with Crippen LogP contribution < -0.4 is 4.74 Å². The van der Waals surface area contributed by atoms with Gasteiger partial charge in [-0.1, -0.05) is 13.8 Å². The highest BCUT2D eigenvalue weighted by atomic mass is 79.9. The molecular formula is C15H18BrN3O2. The van der Waals surface area contributed by atoms with Crippen LogP contribution in [0.5, 0.6) is 5.75 Å². The molecule has 0 fully saturated rings. The highest BCUT2D eigenvalue weighted by molar-refractivity contribution is 9.10. The standard InChI is InChI=1S/C15H18BrN3O2/c1-10(2)8-19-15(17-9-18-19)7-13(20)11-4-5-14(21-3)12(16)6-11/h4-6,9-10H,7-8H2,1-3H3. The molecule has 0 unspecified atom stereocenters. The maximum atomic E-state index is 12.4. The maximum absolute atomic E-state index is 12.4. The second kappa shape index (κ2) is 6.85. The SMILES string of the molecule is COc1ccc(C(=O)Cc2ncnn2CC(C)C)cc1Br. The summed E-state index contributed by atoms with van der Waals surface area (Å²) in [5.41, 5.74) is 0.627. The molecule has 0 atom stereocenters. The summed E-state index contributed by atoms with van der Waals surface area (Å²) >= 11 is 3.39. The first kappa shape index (κ1) is 15.7. The van der Waals surface area contributed by atoms with Crippen LogP contribution in [-0.2, 0) is 13.0 Å². The Balaban J connectivity index is 2.15. The van der Waals surface area contributed by atoms with E-state index in [9.17, 15) is 4.79 Å². The molecule has 0 amide bonds. The van der Waals surface area contributed by atoms with Gasteiger partial charge in [0.05, 0.1) is 18.0 Å². The molecule has 0 radical (unpaired) electrons. The Kier molecular flexibility index (Phi) is 5.12. The second-order valence-corrected chi connectivity index (χ2v) is 6.06. The smallest absolute Gasteiger partial charge is 0.170 e. The van der Waals surface area contributed by atoms with Crippen LogP contribution in [0, 0.1) is 5.92 Å². The number of nitrogens with zero attached hydrogens (tertiary/aromatic N) is 3. The summed E-state index contributed by atoms with van der Waals surface area (Å²) in [6, 6.07) is 5.30. The van der Waals surface area contributed by atoms with Crippen LogP contribution in [0.3, 0.4) is 0 Å². The zero-order valence-corrected chi connectivity index (χ0v) is 13.9. The van der Waals surface area contributed by atoms with Gasteiger partial charge in [-0.3, -0.25) is 4.79 Å². The van der Waals surface area contributed by atoms with Crippen molar-refractivity contribution in [3.05, 3.63) is 40.4 Å². The Hall–Kier alpha value is -1.69. The molecule has 0 aliphatic carbocycles. The molecule has 0 saturated heterocycles. The Bertz CT molecular complexity index is 638. The summed E-state index contributed by atoms with van der Waals surface area (Å²) in [5, 5.41) is 4.17. The number of methoxy groups -OCH3 is 1. The zero-order valence-electron chi connectivity index (χ0n) is 12.3. The van der Waals surface area contributed by atoms with Gasteiger partial charge < -0.3 is 4.74 Å². The third-order valence-corrected chi connectivity index (χ3v) is 3.65. The molecule has 0 aliphatic rings. The van der Waals surface area contributed by atoms with Crippen molar-refractivity contribution in [2.75, 3.05) is 7.11 Å². The number of aromatic nitrogens is 3. The number of carbonyl (C=O) groups excluding carboxylic acids is 1. The van der Waals surface area contributed by atoms with E-state index >= 15 is 0 Å². The highest BCUT2D eigenvalue weighted by Crippen LogP contribution is 2.26. The van der Waals surface area contributed by atoms with Gasteiger partial charge in [0.2, 0.25) is 0 Å². The Morgan fingerprint density at radius 3 is 2.81 bits per heavy atom. The normalized spacial score (nSPS) is 10.9. The van der Waals surface area contributed by atoms with Crippen LogP contribution in [0.2, 0.25) is 0 Å². The number of ether oxygens (including phenoxy) is 1. The third-order valence-electron chi connectivity index (χ3n) is 3.03. The molecule has 112 valence electrons. The minimum absolute atomic E-state index is 0.0105. The predicted molar refractivity (Wildman–Crippen MR) is 83.6 cm³/mol. The number of rotatable bonds is 6. The molecule has 1 aromatic carbocycles. The van der Waals surface area contributed by atoms with Crippen LogP contribution in [0.15, 0.2) is 29.0 Å². The predicted octanol–water partition coefficient (Wildman–Crippen LogP) is 3.13. The monoisotopic (exact) mass is 351 g/mol. The van der Waals surface area contributed by atoms with Gasteiger partial charge in [-0.05, 0) is 40.0 Å². The summed E-state index contributed by atoms with van der Waals surface area (Å²) < 4.78 is 7.72. The van der Waals surface area contributed by atoms with E-state index in [1.54, 1.807) is 30.0 Å². The highest BCUT2D eigenvalue weighted by Gasteiger charge is 2.14. The second-order valence-electron chi connectivity index (χ2n) is 5.20. The van der Waals surface area contributed by atoms with Crippen molar-refractivity contribution in [3.8, 4) is 5.75 Å². The van der Waals surface area contributed by atoms with E-state index in [1.165, 1.54) is 6.33 Å². The number of hydrogen-bond donors (Lipinski definition) is 0. The van der Waals surface area contributed by atoms with Crippen molar-refractivity contribution in [3.63, 3.8) is 0 Å². The molecule has 0 saturated carbocycles. The van der Waals surface area contributed by atoms with E-state index < -0.39 is 0 Å².